The maximum Gasteiger partial charge on any atom is 0.221 e. The molecule has 0 saturated carbocycles. The Balaban J connectivity index is 2.09. The molecule has 0 aliphatic carbocycles. The van der Waals surface area contributed by atoms with Gasteiger partial charge in [-0.2, -0.15) is 5.10 Å². The van der Waals surface area contributed by atoms with Crippen LogP contribution in [0.15, 0.2) is 6.33 Å². The van der Waals surface area contributed by atoms with E-state index in [9.17, 15) is 4.79 Å². The Hall–Kier alpha value is -1.47. The molecule has 0 unspecified atom stereocenters. The molecule has 0 radical (unpaired) electrons. The van der Waals surface area contributed by atoms with Crippen molar-refractivity contribution >= 4 is 5.91 Å². The van der Waals surface area contributed by atoms with Crippen molar-refractivity contribution in [1.29, 1.82) is 0 Å². The van der Waals surface area contributed by atoms with Crippen LogP contribution >= 0.6 is 0 Å². The van der Waals surface area contributed by atoms with Crippen molar-refractivity contribution in [1.82, 2.24) is 25.4 Å². The summed E-state index contributed by atoms with van der Waals surface area (Å²) in [5.74, 6) is 0.911. The molecule has 0 fully saturated rings. The number of hydrogen-bond acceptors (Lipinski definition) is 5. The SMILES string of the molecule is CCn1ncnc1CNCCC(=O)NCCOC. The molecule has 7 heteroatoms. The maximum absolute atomic E-state index is 11.4. The van der Waals surface area contributed by atoms with Crippen LogP contribution in [0.3, 0.4) is 0 Å². The van der Waals surface area contributed by atoms with Gasteiger partial charge >= 0.3 is 0 Å². The Morgan fingerprint density at radius 3 is 3.06 bits per heavy atom. The topological polar surface area (TPSA) is 81.1 Å². The second-order valence-corrected chi connectivity index (χ2v) is 3.76. The zero-order valence-electron chi connectivity index (χ0n) is 11.0. The summed E-state index contributed by atoms with van der Waals surface area (Å²) in [5.41, 5.74) is 0. The van der Waals surface area contributed by atoms with E-state index in [1.54, 1.807) is 7.11 Å². The van der Waals surface area contributed by atoms with Gasteiger partial charge in [0.25, 0.3) is 0 Å². The van der Waals surface area contributed by atoms with Gasteiger partial charge in [0.1, 0.15) is 12.2 Å². The van der Waals surface area contributed by atoms with E-state index in [1.165, 1.54) is 6.33 Å². The van der Waals surface area contributed by atoms with Crippen molar-refractivity contribution in [3.8, 4) is 0 Å². The fraction of sp³-hybridized carbons (Fsp3) is 0.727. The van der Waals surface area contributed by atoms with Crippen molar-refractivity contribution < 1.29 is 9.53 Å². The van der Waals surface area contributed by atoms with Crippen molar-refractivity contribution in [2.75, 3.05) is 26.8 Å². The predicted molar refractivity (Wildman–Crippen MR) is 66.9 cm³/mol. The number of amides is 1. The van der Waals surface area contributed by atoms with Crippen molar-refractivity contribution in [3.05, 3.63) is 12.2 Å². The highest BCUT2D eigenvalue weighted by molar-refractivity contribution is 5.75. The minimum Gasteiger partial charge on any atom is -0.383 e. The first-order chi connectivity index (χ1) is 8.77. The fourth-order valence-corrected chi connectivity index (χ4v) is 1.47. The zero-order valence-corrected chi connectivity index (χ0v) is 11.0. The number of methoxy groups -OCH3 is 1. The maximum atomic E-state index is 11.4. The molecule has 1 aromatic rings. The van der Waals surface area contributed by atoms with Gasteiger partial charge in [-0.15, -0.1) is 0 Å². The highest BCUT2D eigenvalue weighted by Crippen LogP contribution is 1.92. The third-order valence-electron chi connectivity index (χ3n) is 2.44. The van der Waals surface area contributed by atoms with Crippen LogP contribution in [-0.2, 0) is 22.6 Å². The Labute approximate surface area is 107 Å². The summed E-state index contributed by atoms with van der Waals surface area (Å²) in [4.78, 5) is 15.5. The van der Waals surface area contributed by atoms with Gasteiger partial charge in [0.05, 0.1) is 13.2 Å². The van der Waals surface area contributed by atoms with Crippen molar-refractivity contribution in [3.63, 3.8) is 0 Å². The molecule has 0 spiro atoms. The van der Waals surface area contributed by atoms with Gasteiger partial charge in [-0.05, 0) is 6.92 Å². The summed E-state index contributed by atoms with van der Waals surface area (Å²) in [6.45, 7) is 5.16. The van der Waals surface area contributed by atoms with Crippen LogP contribution in [0.1, 0.15) is 19.2 Å². The molecule has 0 aliphatic heterocycles. The van der Waals surface area contributed by atoms with Gasteiger partial charge < -0.3 is 15.4 Å². The molecular weight excluding hydrogens is 234 g/mol. The minimum absolute atomic E-state index is 0.0245. The number of carbonyl (C=O) groups is 1. The number of rotatable bonds is 9. The number of nitrogens with one attached hydrogen (secondary N) is 2. The van der Waals surface area contributed by atoms with Crippen LogP contribution in [0.25, 0.3) is 0 Å². The third kappa shape index (κ3) is 5.24. The molecule has 0 saturated heterocycles. The molecule has 0 aromatic carbocycles. The Morgan fingerprint density at radius 1 is 1.50 bits per heavy atom. The molecule has 1 amide bonds. The van der Waals surface area contributed by atoms with E-state index in [1.807, 2.05) is 11.6 Å². The number of ether oxygens (including phenoxy) is 1. The summed E-state index contributed by atoms with van der Waals surface area (Å²) < 4.78 is 6.67. The molecule has 1 heterocycles. The van der Waals surface area contributed by atoms with Gasteiger partial charge in [-0.3, -0.25) is 4.79 Å². The van der Waals surface area contributed by atoms with Crippen molar-refractivity contribution in [2.24, 2.45) is 0 Å². The summed E-state index contributed by atoms with van der Waals surface area (Å²) in [6, 6.07) is 0. The molecule has 0 bridgehead atoms. The summed E-state index contributed by atoms with van der Waals surface area (Å²) >= 11 is 0. The average molecular weight is 255 g/mol. The molecule has 0 aliphatic rings. The van der Waals surface area contributed by atoms with Crippen LogP contribution in [0, 0.1) is 0 Å². The van der Waals surface area contributed by atoms with E-state index in [0.29, 0.717) is 32.7 Å². The average Bonchev–Trinajstić information content (AvgIpc) is 2.82. The first kappa shape index (κ1) is 14.6. The van der Waals surface area contributed by atoms with Gasteiger partial charge in [-0.1, -0.05) is 0 Å². The molecule has 1 rings (SSSR count). The van der Waals surface area contributed by atoms with E-state index in [-0.39, 0.29) is 5.91 Å². The second kappa shape index (κ2) is 8.60. The summed E-state index contributed by atoms with van der Waals surface area (Å²) in [7, 11) is 1.61. The second-order valence-electron chi connectivity index (χ2n) is 3.76. The lowest BCUT2D eigenvalue weighted by molar-refractivity contribution is -0.121. The highest BCUT2D eigenvalue weighted by atomic mass is 16.5. The van der Waals surface area contributed by atoms with Crippen LogP contribution in [0.2, 0.25) is 0 Å². The van der Waals surface area contributed by atoms with Gasteiger partial charge in [-0.25, -0.2) is 9.67 Å². The Bertz CT molecular complexity index is 353. The Kier molecular flexibility index (Phi) is 6.97. The van der Waals surface area contributed by atoms with E-state index < -0.39 is 0 Å². The standard InChI is InChI=1S/C11H21N5O2/c1-3-16-10(14-9-15-16)8-12-5-4-11(17)13-6-7-18-2/h9,12H,3-8H2,1-2H3,(H,13,17). The molecule has 18 heavy (non-hydrogen) atoms. The number of carbonyl (C=O) groups excluding carboxylic acids is 1. The summed E-state index contributed by atoms with van der Waals surface area (Å²) in [6.07, 6.45) is 1.99. The van der Waals surface area contributed by atoms with Crippen LogP contribution in [0.5, 0.6) is 0 Å². The fourth-order valence-electron chi connectivity index (χ4n) is 1.47. The minimum atomic E-state index is 0.0245. The van der Waals surface area contributed by atoms with Crippen molar-refractivity contribution in [2.45, 2.75) is 26.4 Å². The highest BCUT2D eigenvalue weighted by Gasteiger charge is 2.03. The lowest BCUT2D eigenvalue weighted by atomic mass is 10.4. The lowest BCUT2D eigenvalue weighted by Gasteiger charge is -2.06. The van der Waals surface area contributed by atoms with Gasteiger partial charge in [0.15, 0.2) is 0 Å². The molecule has 7 nitrogen and oxygen atoms in total. The third-order valence-corrected chi connectivity index (χ3v) is 2.44. The summed E-state index contributed by atoms with van der Waals surface area (Å²) in [5, 5.41) is 10.0. The van der Waals surface area contributed by atoms with Crippen LogP contribution < -0.4 is 10.6 Å². The van der Waals surface area contributed by atoms with E-state index in [4.69, 9.17) is 4.74 Å². The number of aromatic nitrogens is 3. The first-order valence-electron chi connectivity index (χ1n) is 6.11. The lowest BCUT2D eigenvalue weighted by Crippen LogP contribution is -2.30. The zero-order chi connectivity index (χ0) is 13.2. The molecular formula is C11H21N5O2. The monoisotopic (exact) mass is 255 g/mol. The number of hydrogen-bond donors (Lipinski definition) is 2. The number of nitrogens with zero attached hydrogens (tertiary/aromatic N) is 3. The van der Waals surface area contributed by atoms with Crippen LogP contribution in [-0.4, -0.2) is 47.5 Å². The van der Waals surface area contributed by atoms with E-state index >= 15 is 0 Å². The number of aryl methyl sites for hydroxylation is 1. The van der Waals surface area contributed by atoms with Gasteiger partial charge in [0.2, 0.25) is 5.91 Å². The van der Waals surface area contributed by atoms with Gasteiger partial charge in [0, 0.05) is 33.2 Å². The molecule has 102 valence electrons. The Morgan fingerprint density at radius 2 is 2.33 bits per heavy atom. The largest absolute Gasteiger partial charge is 0.383 e. The van der Waals surface area contributed by atoms with Crippen LogP contribution in [0.4, 0.5) is 0 Å². The van der Waals surface area contributed by atoms with E-state index in [0.717, 1.165) is 12.4 Å². The van der Waals surface area contributed by atoms with E-state index in [2.05, 4.69) is 20.7 Å². The molecule has 2 N–H and O–H groups in total. The predicted octanol–water partition coefficient (Wildman–Crippen LogP) is -0.460. The molecule has 0 atom stereocenters. The normalized spacial score (nSPS) is 10.6. The molecule has 1 aromatic heterocycles. The quantitative estimate of drug-likeness (QED) is 0.584. The first-order valence-corrected chi connectivity index (χ1v) is 6.11. The smallest absolute Gasteiger partial charge is 0.221 e.